The maximum Gasteiger partial charge on any atom is 0.306 e. The van der Waals surface area contributed by atoms with Crippen LogP contribution in [0.2, 0.25) is 0 Å². The second-order valence-corrected chi connectivity index (χ2v) is 11.4. The van der Waals surface area contributed by atoms with Crippen molar-refractivity contribution in [2.24, 2.45) is 0 Å². The molecule has 1 heterocycles. The Morgan fingerprint density at radius 3 is 2.29 bits per heavy atom. The molecule has 0 aliphatic rings. The Kier molecular flexibility index (Phi) is 9.45. The van der Waals surface area contributed by atoms with Crippen molar-refractivity contribution in [3.63, 3.8) is 0 Å². The number of carbonyl (C=O) groups excluding carboxylic acids is 1. The number of ether oxygens (including phenoxy) is 2. The van der Waals surface area contributed by atoms with E-state index in [0.717, 1.165) is 27.8 Å². The first-order valence-corrected chi connectivity index (χ1v) is 14.0. The van der Waals surface area contributed by atoms with Crippen LogP contribution in [0.4, 0.5) is 10.1 Å². The van der Waals surface area contributed by atoms with Crippen molar-refractivity contribution in [3.05, 3.63) is 94.8 Å². The van der Waals surface area contributed by atoms with Gasteiger partial charge >= 0.3 is 5.97 Å². The molecule has 222 valence electrons. The third-order valence-corrected chi connectivity index (χ3v) is 6.81. The van der Waals surface area contributed by atoms with Crippen LogP contribution in [-0.4, -0.2) is 33.0 Å². The molecule has 4 rings (SSSR count). The molecule has 0 spiro atoms. The first-order chi connectivity index (χ1) is 19.9. The Balaban J connectivity index is 1.36. The largest absolute Gasteiger partial charge is 0.494 e. The van der Waals surface area contributed by atoms with E-state index >= 15 is 0 Å². The molecule has 0 saturated heterocycles. The summed E-state index contributed by atoms with van der Waals surface area (Å²) in [4.78, 5) is 12.0. The molecule has 42 heavy (non-hydrogen) atoms. The number of halogens is 1. The van der Waals surface area contributed by atoms with Crippen molar-refractivity contribution < 1.29 is 28.9 Å². The van der Waals surface area contributed by atoms with Crippen LogP contribution >= 0.6 is 0 Å². The summed E-state index contributed by atoms with van der Waals surface area (Å²) < 4.78 is 27.3. The van der Waals surface area contributed by atoms with E-state index in [-0.39, 0.29) is 36.4 Å². The van der Waals surface area contributed by atoms with Crippen molar-refractivity contribution in [2.45, 2.75) is 66.2 Å². The van der Waals surface area contributed by atoms with E-state index in [1.54, 1.807) is 6.07 Å². The number of carbonyl (C=O) groups is 1. The molecule has 0 aliphatic carbocycles. The van der Waals surface area contributed by atoms with Crippen LogP contribution in [0.5, 0.6) is 17.5 Å². The van der Waals surface area contributed by atoms with Gasteiger partial charge in [0, 0.05) is 30.8 Å². The fourth-order valence-electron chi connectivity index (χ4n) is 4.92. The van der Waals surface area contributed by atoms with Gasteiger partial charge in [0.1, 0.15) is 23.8 Å². The SMILES string of the molecule is Cc1cc(OCCn2c(O)ccc2O)cc(C)c1-c1cccc(CNc2ccc(CCC(=O)OC(C)(C)C)c(F)c2)c1. The number of aromatic nitrogens is 1. The zero-order chi connectivity index (χ0) is 30.4. The zero-order valence-electron chi connectivity index (χ0n) is 24.8. The Hall–Kier alpha value is -4.46. The first-order valence-electron chi connectivity index (χ1n) is 14.0. The highest BCUT2D eigenvalue weighted by atomic mass is 19.1. The molecule has 3 aromatic carbocycles. The Labute approximate surface area is 246 Å². The summed E-state index contributed by atoms with van der Waals surface area (Å²) in [6.07, 6.45) is 0.411. The second-order valence-electron chi connectivity index (χ2n) is 11.4. The minimum atomic E-state index is -0.558. The normalized spacial score (nSPS) is 11.4. The predicted octanol–water partition coefficient (Wildman–Crippen LogP) is 7.29. The van der Waals surface area contributed by atoms with Crippen LogP contribution < -0.4 is 10.1 Å². The molecule has 0 saturated carbocycles. The van der Waals surface area contributed by atoms with Gasteiger partial charge in [-0.05, 0) is 105 Å². The fraction of sp³-hybridized carbons (Fsp3) is 0.324. The molecule has 1 aromatic heterocycles. The second kappa shape index (κ2) is 13.0. The number of nitrogens with zero attached hydrogens (tertiary/aromatic N) is 1. The highest BCUT2D eigenvalue weighted by Gasteiger charge is 2.17. The number of esters is 1. The van der Waals surface area contributed by atoms with E-state index in [4.69, 9.17) is 9.47 Å². The first kappa shape index (κ1) is 30.5. The average molecular weight is 575 g/mol. The van der Waals surface area contributed by atoms with Crippen molar-refractivity contribution in [1.82, 2.24) is 4.57 Å². The molecule has 8 heteroatoms. The smallest absolute Gasteiger partial charge is 0.306 e. The van der Waals surface area contributed by atoms with E-state index in [1.807, 2.05) is 65.0 Å². The highest BCUT2D eigenvalue weighted by Crippen LogP contribution is 2.32. The van der Waals surface area contributed by atoms with Gasteiger partial charge in [-0.15, -0.1) is 0 Å². The summed E-state index contributed by atoms with van der Waals surface area (Å²) in [5.74, 6) is 0.00473. The number of hydrogen-bond acceptors (Lipinski definition) is 6. The van der Waals surface area contributed by atoms with Crippen LogP contribution in [0.15, 0.2) is 66.7 Å². The van der Waals surface area contributed by atoms with Gasteiger partial charge in [-0.25, -0.2) is 4.39 Å². The van der Waals surface area contributed by atoms with Crippen molar-refractivity contribution in [3.8, 4) is 28.6 Å². The van der Waals surface area contributed by atoms with E-state index in [9.17, 15) is 19.4 Å². The minimum Gasteiger partial charge on any atom is -0.494 e. The molecule has 0 fully saturated rings. The Bertz CT molecular complexity index is 1510. The lowest BCUT2D eigenvalue weighted by Gasteiger charge is -2.19. The summed E-state index contributed by atoms with van der Waals surface area (Å²) in [6.45, 7) is 10.6. The van der Waals surface area contributed by atoms with Crippen LogP contribution in [0, 0.1) is 19.7 Å². The average Bonchev–Trinajstić information content (AvgIpc) is 3.22. The predicted molar refractivity (Wildman–Crippen MR) is 163 cm³/mol. The highest BCUT2D eigenvalue weighted by molar-refractivity contribution is 5.72. The Morgan fingerprint density at radius 2 is 1.64 bits per heavy atom. The van der Waals surface area contributed by atoms with Crippen molar-refractivity contribution >= 4 is 11.7 Å². The van der Waals surface area contributed by atoms with Gasteiger partial charge in [0.05, 0.1) is 6.54 Å². The van der Waals surface area contributed by atoms with Gasteiger partial charge in [0.15, 0.2) is 11.8 Å². The van der Waals surface area contributed by atoms with E-state index in [2.05, 4.69) is 17.4 Å². The Morgan fingerprint density at radius 1 is 0.952 bits per heavy atom. The standard InChI is InChI=1S/C34H39FN2O5/c1-22-17-28(41-16-15-37-30(38)12-13-31(37)39)18-23(2)33(22)26-8-6-7-24(19-26)21-36-27-11-9-25(29(35)20-27)10-14-32(40)42-34(3,4)5/h6-9,11-13,17-20,36,38-39H,10,14-16,21H2,1-5H3. The number of benzene rings is 3. The summed E-state index contributed by atoms with van der Waals surface area (Å²) in [6, 6.07) is 20.0. The third kappa shape index (κ3) is 8.06. The topological polar surface area (TPSA) is 93.0 Å². The van der Waals surface area contributed by atoms with Crippen molar-refractivity contribution in [2.75, 3.05) is 11.9 Å². The molecule has 0 aliphatic heterocycles. The molecular formula is C34H39FN2O5. The van der Waals surface area contributed by atoms with Gasteiger partial charge in [0.2, 0.25) is 0 Å². The molecule has 0 bridgehead atoms. The van der Waals surface area contributed by atoms with Gasteiger partial charge in [-0.1, -0.05) is 24.3 Å². The molecule has 0 atom stereocenters. The lowest BCUT2D eigenvalue weighted by Crippen LogP contribution is -2.24. The number of hydrogen-bond donors (Lipinski definition) is 3. The van der Waals surface area contributed by atoms with Crippen LogP contribution in [0.3, 0.4) is 0 Å². The molecule has 7 nitrogen and oxygen atoms in total. The number of aryl methyl sites for hydroxylation is 3. The quantitative estimate of drug-likeness (QED) is 0.163. The van der Waals surface area contributed by atoms with E-state index in [0.29, 0.717) is 36.7 Å². The zero-order valence-corrected chi connectivity index (χ0v) is 24.8. The fourth-order valence-corrected chi connectivity index (χ4v) is 4.92. The summed E-state index contributed by atoms with van der Waals surface area (Å²) in [5, 5.41) is 22.9. The maximum absolute atomic E-state index is 14.7. The minimum absolute atomic E-state index is 0.00868. The lowest BCUT2D eigenvalue weighted by atomic mass is 9.94. The summed E-state index contributed by atoms with van der Waals surface area (Å²) in [7, 11) is 0. The molecule has 0 unspecified atom stereocenters. The van der Waals surface area contributed by atoms with Gasteiger partial charge in [0.25, 0.3) is 0 Å². The van der Waals surface area contributed by atoms with Crippen molar-refractivity contribution in [1.29, 1.82) is 0 Å². The molecule has 0 amide bonds. The molecule has 4 aromatic rings. The third-order valence-electron chi connectivity index (χ3n) is 6.81. The van der Waals surface area contributed by atoms with Gasteiger partial charge < -0.3 is 25.0 Å². The van der Waals surface area contributed by atoms with Crippen LogP contribution in [0.1, 0.15) is 49.4 Å². The van der Waals surface area contributed by atoms with Crippen LogP contribution in [0.25, 0.3) is 11.1 Å². The van der Waals surface area contributed by atoms with E-state index < -0.39 is 5.60 Å². The molecule has 0 radical (unpaired) electrons. The number of anilines is 1. The summed E-state index contributed by atoms with van der Waals surface area (Å²) >= 11 is 0. The van der Waals surface area contributed by atoms with Gasteiger partial charge in [-0.2, -0.15) is 0 Å². The lowest BCUT2D eigenvalue weighted by molar-refractivity contribution is -0.154. The number of rotatable bonds is 11. The number of aromatic hydroxyl groups is 2. The van der Waals surface area contributed by atoms with E-state index in [1.165, 1.54) is 22.8 Å². The number of nitrogens with one attached hydrogen (secondary N) is 1. The molecule has 3 N–H and O–H groups in total. The summed E-state index contributed by atoms with van der Waals surface area (Å²) in [5.41, 5.74) is 5.94. The molecular weight excluding hydrogens is 535 g/mol. The van der Waals surface area contributed by atoms with Gasteiger partial charge in [-0.3, -0.25) is 9.36 Å². The maximum atomic E-state index is 14.7. The monoisotopic (exact) mass is 574 g/mol. The van der Waals surface area contributed by atoms with Crippen LogP contribution in [-0.2, 0) is 29.0 Å².